The van der Waals surface area contributed by atoms with Crippen molar-refractivity contribution in [3.8, 4) is 0 Å². The molecule has 24 heavy (non-hydrogen) atoms. The number of nitrogens with one attached hydrogen (secondary N) is 1. The van der Waals surface area contributed by atoms with Crippen molar-refractivity contribution < 1.29 is 14.3 Å². The van der Waals surface area contributed by atoms with Crippen molar-refractivity contribution in [1.29, 1.82) is 0 Å². The predicted octanol–water partition coefficient (Wildman–Crippen LogP) is 4.56. The molecule has 2 aromatic rings. The first-order chi connectivity index (χ1) is 11.4. The maximum Gasteiger partial charge on any atom is 0.338 e. The summed E-state index contributed by atoms with van der Waals surface area (Å²) < 4.78 is 5.11. The summed E-state index contributed by atoms with van der Waals surface area (Å²) in [6.07, 6.45) is 2.93. The summed E-state index contributed by atoms with van der Waals surface area (Å²) in [4.78, 5) is 23.7. The zero-order valence-electron chi connectivity index (χ0n) is 13.5. The van der Waals surface area contributed by atoms with E-state index in [1.165, 1.54) is 6.08 Å². The maximum absolute atomic E-state index is 11.9. The van der Waals surface area contributed by atoms with Crippen LogP contribution in [0.15, 0.2) is 54.6 Å². The monoisotopic (exact) mass is 343 g/mol. The fourth-order valence-corrected chi connectivity index (χ4v) is 2.14. The fourth-order valence-electron chi connectivity index (χ4n) is 1.94. The number of hydrogen-bond acceptors (Lipinski definition) is 3. The standard InChI is InChI=1S/C19H18ClNO3/c1-13(2)24-19(23)15-7-9-17(10-8-15)21-18(22)11-6-14-4-3-5-16(20)12-14/h3-13H,1-2H3,(H,21,22)/b11-6+. The first-order valence-electron chi connectivity index (χ1n) is 7.50. The molecule has 5 heteroatoms. The molecule has 0 heterocycles. The van der Waals surface area contributed by atoms with Crippen LogP contribution in [0.3, 0.4) is 0 Å². The van der Waals surface area contributed by atoms with Gasteiger partial charge in [0.25, 0.3) is 0 Å². The highest BCUT2D eigenvalue weighted by molar-refractivity contribution is 6.30. The number of rotatable bonds is 5. The smallest absolute Gasteiger partial charge is 0.338 e. The fraction of sp³-hybridized carbons (Fsp3) is 0.158. The minimum absolute atomic E-state index is 0.173. The van der Waals surface area contributed by atoms with Gasteiger partial charge in [-0.25, -0.2) is 4.79 Å². The van der Waals surface area contributed by atoms with Crippen molar-refractivity contribution >= 4 is 35.2 Å². The van der Waals surface area contributed by atoms with Crippen molar-refractivity contribution in [1.82, 2.24) is 0 Å². The van der Waals surface area contributed by atoms with E-state index in [9.17, 15) is 9.59 Å². The molecule has 0 aliphatic carbocycles. The number of anilines is 1. The molecule has 0 aromatic heterocycles. The van der Waals surface area contributed by atoms with E-state index in [2.05, 4.69) is 5.32 Å². The van der Waals surface area contributed by atoms with E-state index in [4.69, 9.17) is 16.3 Å². The van der Waals surface area contributed by atoms with E-state index in [-0.39, 0.29) is 18.0 Å². The summed E-state index contributed by atoms with van der Waals surface area (Å²) in [5.41, 5.74) is 1.87. The first kappa shape index (κ1) is 17.8. The van der Waals surface area contributed by atoms with Crippen molar-refractivity contribution in [2.24, 2.45) is 0 Å². The Kier molecular flexibility index (Phi) is 6.15. The third-order valence-corrected chi connectivity index (χ3v) is 3.24. The Labute approximate surface area is 146 Å². The van der Waals surface area contributed by atoms with Crippen LogP contribution in [-0.4, -0.2) is 18.0 Å². The Morgan fingerprint density at radius 3 is 2.46 bits per heavy atom. The Morgan fingerprint density at radius 2 is 1.83 bits per heavy atom. The number of amides is 1. The van der Waals surface area contributed by atoms with Gasteiger partial charge in [-0.3, -0.25) is 4.79 Å². The molecule has 0 spiro atoms. The molecule has 0 unspecified atom stereocenters. The van der Waals surface area contributed by atoms with Crippen LogP contribution in [0.2, 0.25) is 5.02 Å². The summed E-state index contributed by atoms with van der Waals surface area (Å²) in [5.74, 6) is -0.656. The molecule has 124 valence electrons. The molecule has 0 aliphatic rings. The number of carbonyl (C=O) groups is 2. The molecule has 0 saturated carbocycles. The van der Waals surface area contributed by atoms with E-state index < -0.39 is 0 Å². The molecule has 1 N–H and O–H groups in total. The van der Waals surface area contributed by atoms with Crippen molar-refractivity contribution in [3.05, 3.63) is 70.8 Å². The van der Waals surface area contributed by atoms with Gasteiger partial charge in [-0.1, -0.05) is 23.7 Å². The van der Waals surface area contributed by atoms with Gasteiger partial charge >= 0.3 is 5.97 Å². The van der Waals surface area contributed by atoms with Crippen molar-refractivity contribution in [2.75, 3.05) is 5.32 Å². The van der Waals surface area contributed by atoms with Crippen LogP contribution in [0.5, 0.6) is 0 Å². The van der Waals surface area contributed by atoms with Crippen molar-refractivity contribution in [2.45, 2.75) is 20.0 Å². The van der Waals surface area contributed by atoms with Gasteiger partial charge < -0.3 is 10.1 Å². The maximum atomic E-state index is 11.9. The Balaban J connectivity index is 1.95. The molecule has 0 atom stereocenters. The van der Waals surface area contributed by atoms with Gasteiger partial charge in [0, 0.05) is 16.8 Å². The lowest BCUT2D eigenvalue weighted by molar-refractivity contribution is -0.111. The lowest BCUT2D eigenvalue weighted by Gasteiger charge is -2.08. The Bertz CT molecular complexity index is 751. The molecule has 0 saturated heterocycles. The van der Waals surface area contributed by atoms with E-state index >= 15 is 0 Å². The number of halogens is 1. The molecule has 0 radical (unpaired) electrons. The van der Waals surface area contributed by atoms with Crippen LogP contribution in [0, 0.1) is 0 Å². The quantitative estimate of drug-likeness (QED) is 0.639. The van der Waals surface area contributed by atoms with E-state index in [0.29, 0.717) is 16.3 Å². The van der Waals surface area contributed by atoms with Gasteiger partial charge in [0.05, 0.1) is 11.7 Å². The highest BCUT2D eigenvalue weighted by Crippen LogP contribution is 2.13. The number of benzene rings is 2. The largest absolute Gasteiger partial charge is 0.459 e. The lowest BCUT2D eigenvalue weighted by Crippen LogP contribution is -2.12. The number of ether oxygens (including phenoxy) is 1. The summed E-state index contributed by atoms with van der Waals surface area (Å²) in [6, 6.07) is 13.7. The van der Waals surface area contributed by atoms with Gasteiger partial charge in [0.1, 0.15) is 0 Å². The molecule has 0 bridgehead atoms. The van der Waals surface area contributed by atoms with E-state index in [0.717, 1.165) is 5.56 Å². The van der Waals surface area contributed by atoms with Gasteiger partial charge in [0.15, 0.2) is 0 Å². The summed E-state index contributed by atoms with van der Waals surface area (Å²) in [5, 5.41) is 3.34. The first-order valence-corrected chi connectivity index (χ1v) is 7.87. The number of carbonyl (C=O) groups excluding carboxylic acids is 2. The van der Waals surface area contributed by atoms with Crippen molar-refractivity contribution in [3.63, 3.8) is 0 Å². The average Bonchev–Trinajstić information content (AvgIpc) is 2.53. The van der Waals surface area contributed by atoms with Gasteiger partial charge in [-0.05, 0) is 61.9 Å². The van der Waals surface area contributed by atoms with Crippen LogP contribution in [-0.2, 0) is 9.53 Å². The summed E-state index contributed by atoms with van der Waals surface area (Å²) in [6.45, 7) is 3.58. The Hall–Kier alpha value is -2.59. The van der Waals surface area contributed by atoms with Crippen LogP contribution in [0.1, 0.15) is 29.8 Å². The average molecular weight is 344 g/mol. The molecule has 2 rings (SSSR count). The van der Waals surface area contributed by atoms with Gasteiger partial charge in [0.2, 0.25) is 5.91 Å². The molecule has 1 amide bonds. The van der Waals surface area contributed by atoms with Crippen LogP contribution in [0.25, 0.3) is 6.08 Å². The second-order valence-corrected chi connectivity index (χ2v) is 5.85. The number of esters is 1. The molecular formula is C19H18ClNO3. The topological polar surface area (TPSA) is 55.4 Å². The lowest BCUT2D eigenvalue weighted by atomic mass is 10.2. The normalized spacial score (nSPS) is 10.8. The molecule has 0 aliphatic heterocycles. The van der Waals surface area contributed by atoms with E-state index in [1.54, 1.807) is 56.3 Å². The van der Waals surface area contributed by atoms with E-state index in [1.807, 2.05) is 12.1 Å². The number of hydrogen-bond donors (Lipinski definition) is 1. The summed E-state index contributed by atoms with van der Waals surface area (Å²) in [7, 11) is 0. The molecular weight excluding hydrogens is 326 g/mol. The SMILES string of the molecule is CC(C)OC(=O)c1ccc(NC(=O)/C=C/c2cccc(Cl)c2)cc1. The Morgan fingerprint density at radius 1 is 1.12 bits per heavy atom. The zero-order chi connectivity index (χ0) is 17.5. The molecule has 4 nitrogen and oxygen atoms in total. The van der Waals surface area contributed by atoms with Crippen LogP contribution >= 0.6 is 11.6 Å². The summed E-state index contributed by atoms with van der Waals surface area (Å²) >= 11 is 5.89. The minimum Gasteiger partial charge on any atom is -0.459 e. The molecule has 0 fully saturated rings. The van der Waals surface area contributed by atoms with Crippen LogP contribution in [0.4, 0.5) is 5.69 Å². The van der Waals surface area contributed by atoms with Crippen LogP contribution < -0.4 is 5.32 Å². The third kappa shape index (κ3) is 5.56. The minimum atomic E-state index is -0.385. The predicted molar refractivity (Wildman–Crippen MR) is 96.1 cm³/mol. The second kappa shape index (κ2) is 8.31. The highest BCUT2D eigenvalue weighted by atomic mass is 35.5. The van der Waals surface area contributed by atoms with Gasteiger partial charge in [-0.2, -0.15) is 0 Å². The third-order valence-electron chi connectivity index (χ3n) is 3.01. The zero-order valence-corrected chi connectivity index (χ0v) is 14.2. The molecule has 2 aromatic carbocycles. The van der Waals surface area contributed by atoms with Gasteiger partial charge in [-0.15, -0.1) is 0 Å². The second-order valence-electron chi connectivity index (χ2n) is 5.41. The highest BCUT2D eigenvalue weighted by Gasteiger charge is 2.09.